The second-order valence-corrected chi connectivity index (χ2v) is 3.71. The van der Waals surface area contributed by atoms with Gasteiger partial charge in [0, 0.05) is 26.2 Å². The third-order valence-electron chi connectivity index (χ3n) is 2.74. The van der Waals surface area contributed by atoms with E-state index in [1.54, 1.807) is 6.20 Å². The van der Waals surface area contributed by atoms with Crippen LogP contribution in [0.15, 0.2) is 12.5 Å². The van der Waals surface area contributed by atoms with Crippen molar-refractivity contribution in [2.45, 2.75) is 0 Å². The summed E-state index contributed by atoms with van der Waals surface area (Å²) in [5.74, 6) is 0.840. The van der Waals surface area contributed by atoms with Crippen LogP contribution >= 0.6 is 0 Å². The molecule has 7 nitrogen and oxygen atoms in total. The lowest BCUT2D eigenvalue weighted by atomic mass is 10.3. The highest BCUT2D eigenvalue weighted by molar-refractivity contribution is 5.86. The number of rotatable bonds is 1. The van der Waals surface area contributed by atoms with Crippen LogP contribution in [0, 0.1) is 0 Å². The maximum atomic E-state index is 9.42. The molecule has 0 atom stereocenters. The van der Waals surface area contributed by atoms with Gasteiger partial charge in [-0.25, -0.2) is 9.97 Å². The molecule has 0 amide bonds. The highest BCUT2D eigenvalue weighted by Crippen LogP contribution is 2.21. The first-order valence-corrected chi connectivity index (χ1v) is 5.20. The Labute approximate surface area is 91.7 Å². The van der Waals surface area contributed by atoms with Gasteiger partial charge in [-0.15, -0.1) is 5.10 Å². The first-order chi connectivity index (χ1) is 7.86. The van der Waals surface area contributed by atoms with Gasteiger partial charge in [0.05, 0.1) is 11.6 Å². The number of aromatic nitrogens is 4. The number of nitrogens with one attached hydrogen (secondary N) is 1. The molecule has 1 aliphatic heterocycles. The Morgan fingerprint density at radius 1 is 1.25 bits per heavy atom. The highest BCUT2D eigenvalue weighted by atomic mass is 16.5. The van der Waals surface area contributed by atoms with Crippen LogP contribution < -0.4 is 10.2 Å². The Kier molecular flexibility index (Phi) is 2.10. The summed E-state index contributed by atoms with van der Waals surface area (Å²) in [4.78, 5) is 11.2. The predicted octanol–water partition coefficient (Wildman–Crippen LogP) is -0.527. The Hall–Kier alpha value is -1.89. The quantitative estimate of drug-likeness (QED) is 0.629. The molecule has 0 radical (unpaired) electrons. The first-order valence-electron chi connectivity index (χ1n) is 5.20. The van der Waals surface area contributed by atoms with E-state index in [-0.39, 0.29) is 0 Å². The smallest absolute Gasteiger partial charge is 0.203 e. The molecule has 16 heavy (non-hydrogen) atoms. The molecule has 1 aliphatic rings. The van der Waals surface area contributed by atoms with Crippen LogP contribution in [0.1, 0.15) is 0 Å². The van der Waals surface area contributed by atoms with Gasteiger partial charge in [0.1, 0.15) is 12.1 Å². The molecule has 2 aromatic rings. The molecule has 0 saturated carbocycles. The molecule has 0 unspecified atom stereocenters. The molecule has 0 aromatic carbocycles. The number of hydrogen-bond acceptors (Lipinski definition) is 6. The van der Waals surface area contributed by atoms with Gasteiger partial charge in [0.15, 0.2) is 0 Å². The lowest BCUT2D eigenvalue weighted by Gasteiger charge is -2.28. The maximum absolute atomic E-state index is 9.42. The van der Waals surface area contributed by atoms with Gasteiger partial charge < -0.3 is 15.4 Å². The molecule has 3 heterocycles. The fourth-order valence-corrected chi connectivity index (χ4v) is 1.95. The Morgan fingerprint density at radius 2 is 2.06 bits per heavy atom. The molecular formula is C9H12N6O. The van der Waals surface area contributed by atoms with Crippen LogP contribution in [-0.2, 0) is 0 Å². The second-order valence-electron chi connectivity index (χ2n) is 3.71. The second kappa shape index (κ2) is 3.60. The summed E-state index contributed by atoms with van der Waals surface area (Å²) in [6.45, 7) is 3.70. The minimum absolute atomic E-state index is 0.448. The van der Waals surface area contributed by atoms with E-state index in [2.05, 4.69) is 25.3 Å². The van der Waals surface area contributed by atoms with Crippen LogP contribution in [0.2, 0.25) is 0 Å². The summed E-state index contributed by atoms with van der Waals surface area (Å²) in [5.41, 5.74) is 0.448. The maximum Gasteiger partial charge on any atom is 0.203 e. The van der Waals surface area contributed by atoms with E-state index in [1.165, 1.54) is 6.33 Å². The lowest BCUT2D eigenvalue weighted by Crippen LogP contribution is -2.44. The van der Waals surface area contributed by atoms with Crippen LogP contribution in [-0.4, -0.2) is 51.3 Å². The molecule has 1 fully saturated rings. The minimum atomic E-state index is 0.448. The van der Waals surface area contributed by atoms with Gasteiger partial charge in [0.2, 0.25) is 5.65 Å². The van der Waals surface area contributed by atoms with Crippen molar-refractivity contribution >= 4 is 16.9 Å². The number of nitrogens with zero attached hydrogens (tertiary/aromatic N) is 5. The fourth-order valence-electron chi connectivity index (χ4n) is 1.95. The summed E-state index contributed by atoms with van der Waals surface area (Å²) in [6.07, 6.45) is 3.04. The summed E-state index contributed by atoms with van der Waals surface area (Å²) < 4.78 is 0. The van der Waals surface area contributed by atoms with E-state index in [0.717, 1.165) is 42.2 Å². The number of piperazine rings is 1. The number of anilines is 1. The standard InChI is InChI=1S/C9H12N6O/c16-15-9-7(5-13-15)8(11-6-12-9)14-3-1-10-2-4-14/h5-6,10,16H,1-4H2. The van der Waals surface area contributed by atoms with E-state index in [4.69, 9.17) is 0 Å². The molecule has 7 heteroatoms. The van der Waals surface area contributed by atoms with Gasteiger partial charge >= 0.3 is 0 Å². The van der Waals surface area contributed by atoms with Crippen molar-refractivity contribution in [2.75, 3.05) is 31.1 Å². The first kappa shape index (κ1) is 9.34. The average molecular weight is 220 g/mol. The van der Waals surface area contributed by atoms with Crippen molar-refractivity contribution in [1.82, 2.24) is 25.2 Å². The van der Waals surface area contributed by atoms with E-state index in [9.17, 15) is 5.21 Å². The zero-order valence-electron chi connectivity index (χ0n) is 8.67. The Balaban J connectivity index is 2.08. The third kappa shape index (κ3) is 1.36. The van der Waals surface area contributed by atoms with Gasteiger partial charge in [0.25, 0.3) is 0 Å². The van der Waals surface area contributed by atoms with Gasteiger partial charge in [-0.3, -0.25) is 0 Å². The van der Waals surface area contributed by atoms with Gasteiger partial charge in [-0.2, -0.15) is 0 Å². The average Bonchev–Trinajstić information content (AvgIpc) is 2.73. The molecule has 2 N–H and O–H groups in total. The number of fused-ring (bicyclic) bond motifs is 1. The zero-order chi connectivity index (χ0) is 11.0. The largest absolute Gasteiger partial charge is 0.410 e. The van der Waals surface area contributed by atoms with Crippen LogP contribution in [0.3, 0.4) is 0 Å². The summed E-state index contributed by atoms with van der Waals surface area (Å²) >= 11 is 0. The normalized spacial score (nSPS) is 16.9. The van der Waals surface area contributed by atoms with E-state index in [0.29, 0.717) is 5.65 Å². The van der Waals surface area contributed by atoms with Crippen molar-refractivity contribution in [3.8, 4) is 0 Å². The van der Waals surface area contributed by atoms with Crippen molar-refractivity contribution < 1.29 is 5.21 Å². The van der Waals surface area contributed by atoms with Crippen molar-refractivity contribution in [2.24, 2.45) is 0 Å². The number of hydrogen-bond donors (Lipinski definition) is 2. The fraction of sp³-hybridized carbons (Fsp3) is 0.444. The minimum Gasteiger partial charge on any atom is -0.410 e. The Bertz CT molecular complexity index is 504. The van der Waals surface area contributed by atoms with Crippen LogP contribution in [0.4, 0.5) is 5.82 Å². The molecule has 0 bridgehead atoms. The van der Waals surface area contributed by atoms with Crippen LogP contribution in [0.5, 0.6) is 0 Å². The van der Waals surface area contributed by atoms with E-state index in [1.807, 2.05) is 0 Å². The van der Waals surface area contributed by atoms with Crippen LogP contribution in [0.25, 0.3) is 11.0 Å². The van der Waals surface area contributed by atoms with Gasteiger partial charge in [-0.1, -0.05) is 4.85 Å². The highest BCUT2D eigenvalue weighted by Gasteiger charge is 2.17. The SMILES string of the molecule is On1ncc2c(N3CCNCC3)ncnc21. The molecule has 0 spiro atoms. The summed E-state index contributed by atoms with van der Waals surface area (Å²) in [7, 11) is 0. The zero-order valence-corrected chi connectivity index (χ0v) is 8.67. The van der Waals surface area contributed by atoms with E-state index >= 15 is 0 Å². The topological polar surface area (TPSA) is 79.1 Å². The third-order valence-corrected chi connectivity index (χ3v) is 2.74. The Morgan fingerprint density at radius 3 is 2.88 bits per heavy atom. The molecule has 3 rings (SSSR count). The predicted molar refractivity (Wildman–Crippen MR) is 57.6 cm³/mol. The van der Waals surface area contributed by atoms with Crippen molar-refractivity contribution in [3.63, 3.8) is 0 Å². The van der Waals surface area contributed by atoms with E-state index < -0.39 is 0 Å². The lowest BCUT2D eigenvalue weighted by molar-refractivity contribution is 0.159. The van der Waals surface area contributed by atoms with Crippen molar-refractivity contribution in [1.29, 1.82) is 0 Å². The molecule has 0 aliphatic carbocycles. The summed E-state index contributed by atoms with van der Waals surface area (Å²) in [5, 5.41) is 17.3. The molecule has 84 valence electrons. The van der Waals surface area contributed by atoms with Crippen molar-refractivity contribution in [3.05, 3.63) is 12.5 Å². The molecular weight excluding hydrogens is 208 g/mol. The molecule has 2 aromatic heterocycles. The van der Waals surface area contributed by atoms with Gasteiger partial charge in [-0.05, 0) is 0 Å². The monoisotopic (exact) mass is 220 g/mol. The summed E-state index contributed by atoms with van der Waals surface area (Å²) in [6, 6.07) is 0. The molecule has 1 saturated heterocycles.